The van der Waals surface area contributed by atoms with Crippen molar-refractivity contribution in [1.82, 2.24) is 14.9 Å². The van der Waals surface area contributed by atoms with E-state index in [-0.39, 0.29) is 12.1 Å². The Balaban J connectivity index is 2.62. The number of imidazole rings is 1. The van der Waals surface area contributed by atoms with Crippen molar-refractivity contribution in [1.29, 1.82) is 0 Å². The molecule has 0 aromatic carbocycles. The number of hydrogen-bond acceptors (Lipinski definition) is 3. The van der Waals surface area contributed by atoms with Gasteiger partial charge in [0.2, 0.25) is 0 Å². The van der Waals surface area contributed by atoms with Crippen LogP contribution in [-0.2, 0) is 13.1 Å². The first kappa shape index (κ1) is 13.2. The number of aromatic nitrogens is 2. The van der Waals surface area contributed by atoms with Crippen molar-refractivity contribution in [3.63, 3.8) is 0 Å². The van der Waals surface area contributed by atoms with E-state index in [9.17, 15) is 5.11 Å². The van der Waals surface area contributed by atoms with E-state index in [0.717, 1.165) is 25.9 Å². The molecule has 4 nitrogen and oxygen atoms in total. The third-order valence-corrected chi connectivity index (χ3v) is 3.44. The molecule has 0 aliphatic rings. The van der Waals surface area contributed by atoms with E-state index in [4.69, 9.17) is 0 Å². The molecule has 0 spiro atoms. The van der Waals surface area contributed by atoms with Crippen molar-refractivity contribution in [3.05, 3.63) is 18.2 Å². The third kappa shape index (κ3) is 2.83. The van der Waals surface area contributed by atoms with Crippen LogP contribution in [0.5, 0.6) is 0 Å². The fourth-order valence-electron chi connectivity index (χ4n) is 1.84. The van der Waals surface area contributed by atoms with Gasteiger partial charge in [0, 0.05) is 24.8 Å². The lowest BCUT2D eigenvalue weighted by Crippen LogP contribution is -2.47. The molecular weight excluding hydrogens is 202 g/mol. The second kappa shape index (κ2) is 6.01. The summed E-state index contributed by atoms with van der Waals surface area (Å²) in [6, 6.07) is 0. The SMILES string of the molecule is CCn1cncc1CNC(CC)(CC)CO. The van der Waals surface area contributed by atoms with E-state index in [2.05, 4.69) is 35.6 Å². The molecule has 16 heavy (non-hydrogen) atoms. The molecule has 0 aliphatic carbocycles. The summed E-state index contributed by atoms with van der Waals surface area (Å²) >= 11 is 0. The first-order valence-corrected chi connectivity index (χ1v) is 6.06. The Morgan fingerprint density at radius 1 is 1.38 bits per heavy atom. The zero-order valence-corrected chi connectivity index (χ0v) is 10.5. The van der Waals surface area contributed by atoms with Gasteiger partial charge in [-0.2, -0.15) is 0 Å². The van der Waals surface area contributed by atoms with Gasteiger partial charge in [0.25, 0.3) is 0 Å². The number of nitrogens with zero attached hydrogens (tertiary/aromatic N) is 2. The van der Waals surface area contributed by atoms with Crippen LogP contribution in [0.1, 0.15) is 39.3 Å². The molecule has 92 valence electrons. The molecule has 2 N–H and O–H groups in total. The average Bonchev–Trinajstić information content (AvgIpc) is 2.79. The minimum absolute atomic E-state index is 0.150. The van der Waals surface area contributed by atoms with Crippen molar-refractivity contribution >= 4 is 0 Å². The zero-order valence-electron chi connectivity index (χ0n) is 10.5. The largest absolute Gasteiger partial charge is 0.394 e. The van der Waals surface area contributed by atoms with Crippen molar-refractivity contribution in [3.8, 4) is 0 Å². The highest BCUT2D eigenvalue weighted by Crippen LogP contribution is 2.15. The van der Waals surface area contributed by atoms with E-state index in [1.54, 1.807) is 0 Å². The maximum Gasteiger partial charge on any atom is 0.0948 e. The van der Waals surface area contributed by atoms with Gasteiger partial charge in [-0.3, -0.25) is 0 Å². The Bertz CT molecular complexity index is 297. The van der Waals surface area contributed by atoms with Crippen molar-refractivity contribution < 1.29 is 5.11 Å². The number of rotatable bonds is 7. The molecule has 0 fully saturated rings. The van der Waals surface area contributed by atoms with Crippen molar-refractivity contribution in [2.24, 2.45) is 0 Å². The summed E-state index contributed by atoms with van der Waals surface area (Å²) < 4.78 is 2.11. The van der Waals surface area contributed by atoms with Crippen LogP contribution in [0, 0.1) is 0 Å². The molecule has 1 aromatic rings. The summed E-state index contributed by atoms with van der Waals surface area (Å²) in [5, 5.41) is 12.9. The number of hydrogen-bond donors (Lipinski definition) is 2. The monoisotopic (exact) mass is 225 g/mol. The van der Waals surface area contributed by atoms with Crippen LogP contribution in [0.4, 0.5) is 0 Å². The van der Waals surface area contributed by atoms with Crippen LogP contribution in [0.3, 0.4) is 0 Å². The quantitative estimate of drug-likeness (QED) is 0.740. The van der Waals surface area contributed by atoms with Gasteiger partial charge in [-0.1, -0.05) is 13.8 Å². The predicted octanol–water partition coefficient (Wildman–Crippen LogP) is 1.54. The molecule has 1 aromatic heterocycles. The van der Waals surface area contributed by atoms with Gasteiger partial charge in [0.05, 0.1) is 18.6 Å². The normalized spacial score (nSPS) is 12.0. The van der Waals surface area contributed by atoms with Gasteiger partial charge >= 0.3 is 0 Å². The number of aliphatic hydroxyl groups is 1. The Labute approximate surface area is 97.7 Å². The van der Waals surface area contributed by atoms with E-state index >= 15 is 0 Å². The first-order chi connectivity index (χ1) is 7.71. The van der Waals surface area contributed by atoms with Gasteiger partial charge in [-0.15, -0.1) is 0 Å². The topological polar surface area (TPSA) is 50.1 Å². The molecule has 0 amide bonds. The second-order valence-corrected chi connectivity index (χ2v) is 4.17. The molecule has 0 radical (unpaired) electrons. The molecule has 0 saturated heterocycles. The van der Waals surface area contributed by atoms with E-state index in [1.807, 2.05) is 12.5 Å². The van der Waals surface area contributed by atoms with Gasteiger partial charge < -0.3 is 15.0 Å². The molecule has 4 heteroatoms. The summed E-state index contributed by atoms with van der Waals surface area (Å²) in [6.07, 6.45) is 5.58. The lowest BCUT2D eigenvalue weighted by molar-refractivity contribution is 0.148. The standard InChI is InChI=1S/C12H23N3O/c1-4-12(5-2,9-16)14-8-11-7-13-10-15(11)6-3/h7,10,14,16H,4-6,8-9H2,1-3H3. The molecule has 0 saturated carbocycles. The Hall–Kier alpha value is -0.870. The van der Waals surface area contributed by atoms with Crippen LogP contribution in [0.2, 0.25) is 0 Å². The second-order valence-electron chi connectivity index (χ2n) is 4.17. The van der Waals surface area contributed by atoms with Crippen LogP contribution < -0.4 is 5.32 Å². The minimum atomic E-state index is -0.150. The highest BCUT2D eigenvalue weighted by molar-refractivity contribution is 4.99. The number of aliphatic hydroxyl groups excluding tert-OH is 1. The lowest BCUT2D eigenvalue weighted by atomic mass is 9.94. The fraction of sp³-hybridized carbons (Fsp3) is 0.750. The van der Waals surface area contributed by atoms with Crippen LogP contribution in [0.15, 0.2) is 12.5 Å². The summed E-state index contributed by atoms with van der Waals surface area (Å²) in [6.45, 7) is 8.18. The molecule has 1 heterocycles. The summed E-state index contributed by atoms with van der Waals surface area (Å²) in [4.78, 5) is 4.13. The first-order valence-electron chi connectivity index (χ1n) is 6.06. The minimum Gasteiger partial charge on any atom is -0.394 e. The Morgan fingerprint density at radius 2 is 2.06 bits per heavy atom. The van der Waals surface area contributed by atoms with Gasteiger partial charge in [-0.05, 0) is 19.8 Å². The number of nitrogens with one attached hydrogen (secondary N) is 1. The zero-order chi connectivity index (χ0) is 12.0. The maximum atomic E-state index is 9.45. The van der Waals surface area contributed by atoms with Gasteiger partial charge in [0.15, 0.2) is 0 Å². The fourth-order valence-corrected chi connectivity index (χ4v) is 1.84. The van der Waals surface area contributed by atoms with E-state index < -0.39 is 0 Å². The summed E-state index contributed by atoms with van der Waals surface area (Å²) in [7, 11) is 0. The maximum absolute atomic E-state index is 9.45. The van der Waals surface area contributed by atoms with Crippen LogP contribution in [0.25, 0.3) is 0 Å². The molecule has 0 atom stereocenters. The third-order valence-electron chi connectivity index (χ3n) is 3.44. The number of aryl methyl sites for hydroxylation is 1. The van der Waals surface area contributed by atoms with Crippen molar-refractivity contribution in [2.75, 3.05) is 6.61 Å². The van der Waals surface area contributed by atoms with Crippen molar-refractivity contribution in [2.45, 2.75) is 52.2 Å². The smallest absolute Gasteiger partial charge is 0.0948 e. The predicted molar refractivity (Wildman–Crippen MR) is 65.1 cm³/mol. The molecule has 1 rings (SSSR count). The molecule has 0 aliphatic heterocycles. The molecule has 0 bridgehead atoms. The van der Waals surface area contributed by atoms with Crippen LogP contribution in [-0.4, -0.2) is 26.8 Å². The molecule has 0 unspecified atom stereocenters. The Kier molecular flexibility index (Phi) is 4.96. The highest BCUT2D eigenvalue weighted by atomic mass is 16.3. The van der Waals surface area contributed by atoms with Gasteiger partial charge in [0.1, 0.15) is 0 Å². The van der Waals surface area contributed by atoms with Gasteiger partial charge in [-0.25, -0.2) is 4.98 Å². The van der Waals surface area contributed by atoms with E-state index in [0.29, 0.717) is 0 Å². The molecular formula is C12H23N3O. The Morgan fingerprint density at radius 3 is 2.56 bits per heavy atom. The summed E-state index contributed by atoms with van der Waals surface area (Å²) in [5.41, 5.74) is 1.02. The average molecular weight is 225 g/mol. The van der Waals surface area contributed by atoms with E-state index in [1.165, 1.54) is 5.69 Å². The summed E-state index contributed by atoms with van der Waals surface area (Å²) in [5.74, 6) is 0. The highest BCUT2D eigenvalue weighted by Gasteiger charge is 2.24. The van der Waals surface area contributed by atoms with Crippen LogP contribution >= 0.6 is 0 Å². The lowest BCUT2D eigenvalue weighted by Gasteiger charge is -2.31.